The van der Waals surface area contributed by atoms with Crippen molar-refractivity contribution in [2.75, 3.05) is 5.43 Å². The molecule has 1 unspecified atom stereocenters. The van der Waals surface area contributed by atoms with E-state index in [9.17, 15) is 19.6 Å². The van der Waals surface area contributed by atoms with E-state index in [0.29, 0.717) is 11.3 Å². The molecule has 4 N–H and O–H groups in total. The van der Waals surface area contributed by atoms with Crippen LogP contribution in [0.4, 0.5) is 10.2 Å². The first-order valence-electron chi connectivity index (χ1n) is 8.87. The van der Waals surface area contributed by atoms with E-state index in [-0.39, 0.29) is 29.1 Å². The van der Waals surface area contributed by atoms with Crippen molar-refractivity contribution in [1.82, 2.24) is 9.97 Å². The van der Waals surface area contributed by atoms with Crippen LogP contribution in [-0.2, 0) is 0 Å². The zero-order valence-corrected chi connectivity index (χ0v) is 16.2. The summed E-state index contributed by atoms with van der Waals surface area (Å²) in [5.41, 5.74) is 3.20. The third-order valence-electron chi connectivity index (χ3n) is 4.17. The summed E-state index contributed by atoms with van der Waals surface area (Å²) in [6, 6.07) is 5.75. The predicted molar refractivity (Wildman–Crippen MR) is 103 cm³/mol. The lowest BCUT2D eigenvalue weighted by atomic mass is 9.96. The van der Waals surface area contributed by atoms with Crippen LogP contribution in [0.2, 0.25) is 0 Å². The normalized spacial score (nSPS) is 13.9. The molecule has 0 radical (unpaired) electrons. The van der Waals surface area contributed by atoms with E-state index in [4.69, 9.17) is 5.11 Å². The Bertz CT molecular complexity index is 911. The molecule has 10 heteroatoms. The van der Waals surface area contributed by atoms with Crippen LogP contribution >= 0.6 is 0 Å². The number of carboxylic acids is 1. The Morgan fingerprint density at radius 2 is 1.93 bits per heavy atom. The fourth-order valence-electron chi connectivity index (χ4n) is 2.42. The lowest BCUT2D eigenvalue weighted by Gasteiger charge is -2.22. The van der Waals surface area contributed by atoms with Crippen LogP contribution in [0.15, 0.2) is 53.5 Å². The van der Waals surface area contributed by atoms with Crippen LogP contribution in [0.3, 0.4) is 0 Å². The van der Waals surface area contributed by atoms with Gasteiger partial charge in [-0.3, -0.25) is 0 Å². The molecule has 0 amide bonds. The second-order valence-corrected chi connectivity index (χ2v) is 6.27. The number of aromatic carboxylic acids is 1. The molecule has 29 heavy (non-hydrogen) atoms. The van der Waals surface area contributed by atoms with Gasteiger partial charge in [0.1, 0.15) is 10.7 Å². The van der Waals surface area contributed by atoms with Crippen LogP contribution in [0, 0.1) is 11.7 Å². The summed E-state index contributed by atoms with van der Waals surface area (Å²) >= 11 is 0. The van der Waals surface area contributed by atoms with Crippen molar-refractivity contribution in [2.45, 2.75) is 27.2 Å². The number of aromatic nitrogens is 2. The SMILES string of the molecule is C/C=C(\N=C(\c1ccc(F)cc1)C(C)CC)[N+](O)(O)Nc1cnc(C(=O)O)cn1. The molecule has 0 saturated heterocycles. The van der Waals surface area contributed by atoms with E-state index in [1.54, 1.807) is 19.1 Å². The number of nitrogens with one attached hydrogen (secondary N) is 1. The lowest BCUT2D eigenvalue weighted by Crippen LogP contribution is -2.45. The van der Waals surface area contributed by atoms with Crippen molar-refractivity contribution < 1.29 is 29.6 Å². The number of benzene rings is 1. The van der Waals surface area contributed by atoms with Crippen LogP contribution < -0.4 is 5.43 Å². The Kier molecular flexibility index (Phi) is 7.10. The van der Waals surface area contributed by atoms with Gasteiger partial charge in [-0.2, -0.15) is 4.99 Å². The van der Waals surface area contributed by atoms with Gasteiger partial charge < -0.3 is 5.11 Å². The van der Waals surface area contributed by atoms with E-state index in [2.05, 4.69) is 20.4 Å². The van der Waals surface area contributed by atoms with Gasteiger partial charge in [0, 0.05) is 6.08 Å². The standard InChI is InChI=1S/C19H22FN5O4/c1-4-12(3)18(13-6-8-14(20)9-7-13)23-17(5-2)25(28,29)24-16-11-21-15(10-22-16)19(26)27/h5-12,28-29H,4H2,1-3H3,(H-,22,24,26,27)/p+1/b17-5+,23-18+. The minimum absolute atomic E-state index is 0.0509. The maximum absolute atomic E-state index is 13.3. The number of nitrogens with zero attached hydrogens (tertiary/aromatic N) is 4. The second kappa shape index (κ2) is 9.32. The second-order valence-electron chi connectivity index (χ2n) is 6.27. The summed E-state index contributed by atoms with van der Waals surface area (Å²) in [5, 5.41) is 29.8. The first-order chi connectivity index (χ1) is 13.7. The van der Waals surface area contributed by atoms with Crippen molar-refractivity contribution in [3.05, 3.63) is 65.6 Å². The molecular formula is C19H23FN5O4+. The third kappa shape index (κ3) is 5.64. The maximum atomic E-state index is 13.3. The number of aliphatic imine (C=N–C) groups is 1. The Morgan fingerprint density at radius 1 is 1.28 bits per heavy atom. The average molecular weight is 404 g/mol. The predicted octanol–water partition coefficient (Wildman–Crippen LogP) is 3.63. The number of quaternary nitrogens is 1. The number of rotatable bonds is 8. The van der Waals surface area contributed by atoms with Gasteiger partial charge in [0.15, 0.2) is 11.5 Å². The minimum atomic E-state index is -1.85. The fourth-order valence-corrected chi connectivity index (χ4v) is 2.42. The fraction of sp³-hybridized carbons (Fsp3) is 0.263. The number of halogens is 1. The van der Waals surface area contributed by atoms with Gasteiger partial charge in [0.25, 0.3) is 0 Å². The van der Waals surface area contributed by atoms with Gasteiger partial charge in [-0.25, -0.2) is 19.2 Å². The maximum Gasteiger partial charge on any atom is 0.356 e. The lowest BCUT2D eigenvalue weighted by molar-refractivity contribution is -1.21. The summed E-state index contributed by atoms with van der Waals surface area (Å²) in [6.07, 6.45) is 4.14. The number of carbonyl (C=O) groups is 1. The average Bonchev–Trinajstić information content (AvgIpc) is 2.69. The van der Waals surface area contributed by atoms with E-state index in [0.717, 1.165) is 18.8 Å². The van der Waals surface area contributed by atoms with Crippen molar-refractivity contribution in [3.63, 3.8) is 0 Å². The Balaban J connectivity index is 2.36. The largest absolute Gasteiger partial charge is 0.476 e. The Labute approximate surface area is 167 Å². The smallest absolute Gasteiger partial charge is 0.356 e. The van der Waals surface area contributed by atoms with E-state index in [1.807, 2.05) is 13.8 Å². The van der Waals surface area contributed by atoms with E-state index >= 15 is 0 Å². The monoisotopic (exact) mass is 404 g/mol. The van der Waals surface area contributed by atoms with Crippen LogP contribution in [0.1, 0.15) is 43.2 Å². The molecule has 9 nitrogen and oxygen atoms in total. The van der Waals surface area contributed by atoms with Crippen LogP contribution in [0.5, 0.6) is 0 Å². The molecule has 154 valence electrons. The van der Waals surface area contributed by atoms with Gasteiger partial charge in [-0.15, -0.1) is 15.8 Å². The molecule has 0 aliphatic rings. The Morgan fingerprint density at radius 3 is 2.41 bits per heavy atom. The highest BCUT2D eigenvalue weighted by Gasteiger charge is 2.32. The zero-order valence-electron chi connectivity index (χ0n) is 16.2. The molecule has 0 aliphatic carbocycles. The van der Waals surface area contributed by atoms with Gasteiger partial charge in [-0.05, 0) is 37.0 Å². The van der Waals surface area contributed by atoms with Crippen molar-refractivity contribution in [2.24, 2.45) is 10.9 Å². The van der Waals surface area contributed by atoms with Crippen molar-refractivity contribution >= 4 is 17.5 Å². The molecule has 1 aromatic heterocycles. The van der Waals surface area contributed by atoms with Gasteiger partial charge in [-0.1, -0.05) is 26.0 Å². The summed E-state index contributed by atoms with van der Waals surface area (Å²) < 4.78 is 13.3. The number of carboxylic acid groups (broad SMARTS) is 1. The molecule has 0 saturated carbocycles. The van der Waals surface area contributed by atoms with E-state index in [1.165, 1.54) is 18.2 Å². The highest BCUT2D eigenvalue weighted by molar-refractivity contribution is 6.02. The van der Waals surface area contributed by atoms with Gasteiger partial charge in [0.05, 0.1) is 18.1 Å². The highest BCUT2D eigenvalue weighted by atomic mass is 19.1. The molecule has 0 spiro atoms. The van der Waals surface area contributed by atoms with Gasteiger partial charge in [0.2, 0.25) is 0 Å². The molecule has 1 atom stereocenters. The number of anilines is 1. The molecular weight excluding hydrogens is 381 g/mol. The van der Waals surface area contributed by atoms with Crippen LogP contribution in [-0.4, -0.2) is 42.1 Å². The minimum Gasteiger partial charge on any atom is -0.476 e. The van der Waals surface area contributed by atoms with Crippen molar-refractivity contribution in [1.29, 1.82) is 0 Å². The summed E-state index contributed by atoms with van der Waals surface area (Å²) in [6.45, 7) is 5.44. The molecule has 0 fully saturated rings. The first-order valence-corrected chi connectivity index (χ1v) is 8.87. The van der Waals surface area contributed by atoms with Gasteiger partial charge >= 0.3 is 11.8 Å². The summed E-state index contributed by atoms with van der Waals surface area (Å²) in [5.74, 6) is -1.95. The number of hydrogen-bond acceptors (Lipinski definition) is 7. The van der Waals surface area contributed by atoms with Crippen LogP contribution in [0.25, 0.3) is 0 Å². The molecule has 1 heterocycles. The molecule has 2 aromatic rings. The summed E-state index contributed by atoms with van der Waals surface area (Å²) in [4.78, 5) is 20.8. The Hall–Kier alpha value is -3.21. The first kappa shape index (κ1) is 22.1. The molecule has 0 aliphatic heterocycles. The van der Waals surface area contributed by atoms with Crippen molar-refractivity contribution in [3.8, 4) is 0 Å². The number of hydrogen-bond donors (Lipinski definition) is 4. The highest BCUT2D eigenvalue weighted by Crippen LogP contribution is 2.20. The van der Waals surface area contributed by atoms with E-state index < -0.39 is 10.9 Å². The quantitative estimate of drug-likeness (QED) is 0.300. The molecule has 2 rings (SSSR count). The molecule has 0 bridgehead atoms. The zero-order chi connectivity index (χ0) is 21.6. The third-order valence-corrected chi connectivity index (χ3v) is 4.17. The topological polar surface area (TPSA) is 128 Å². The molecule has 1 aromatic carbocycles. The number of hydroxylamine groups is 2. The summed E-state index contributed by atoms with van der Waals surface area (Å²) in [7, 11) is 0. The number of allylic oxidation sites excluding steroid dienone is 1.